The molecular formula is C14H20FNO. The van der Waals surface area contributed by atoms with Crippen molar-refractivity contribution in [2.45, 2.75) is 45.2 Å². The van der Waals surface area contributed by atoms with E-state index in [2.05, 4.69) is 12.2 Å². The number of phenolic OH excluding ortho intramolecular Hbond substituents is 1. The molecule has 2 nitrogen and oxygen atoms in total. The highest BCUT2D eigenvalue weighted by atomic mass is 19.1. The van der Waals surface area contributed by atoms with Gasteiger partial charge in [0.05, 0.1) is 0 Å². The molecule has 1 aromatic rings. The second-order valence-corrected chi connectivity index (χ2v) is 5.21. The van der Waals surface area contributed by atoms with Crippen LogP contribution in [0.1, 0.15) is 44.7 Å². The number of benzene rings is 1. The number of halogens is 1. The van der Waals surface area contributed by atoms with Crippen molar-refractivity contribution in [1.29, 1.82) is 0 Å². The molecule has 1 aliphatic rings. The van der Waals surface area contributed by atoms with Gasteiger partial charge in [-0.05, 0) is 38.2 Å². The first-order valence-electron chi connectivity index (χ1n) is 6.30. The van der Waals surface area contributed by atoms with Crippen LogP contribution in [0.25, 0.3) is 0 Å². The van der Waals surface area contributed by atoms with Gasteiger partial charge in [0.2, 0.25) is 0 Å². The Kier molecular flexibility index (Phi) is 3.67. The van der Waals surface area contributed by atoms with E-state index in [9.17, 15) is 9.50 Å². The van der Waals surface area contributed by atoms with E-state index in [1.807, 2.05) is 6.92 Å². The molecule has 0 aromatic heterocycles. The van der Waals surface area contributed by atoms with Crippen LogP contribution >= 0.6 is 0 Å². The summed E-state index contributed by atoms with van der Waals surface area (Å²) >= 11 is 0. The summed E-state index contributed by atoms with van der Waals surface area (Å²) in [5, 5.41) is 13.2. The maximum absolute atomic E-state index is 12.9. The van der Waals surface area contributed by atoms with Gasteiger partial charge < -0.3 is 10.4 Å². The molecule has 3 unspecified atom stereocenters. The average molecular weight is 237 g/mol. The smallest absolute Gasteiger partial charge is 0.126 e. The molecule has 17 heavy (non-hydrogen) atoms. The molecule has 2 N–H and O–H groups in total. The van der Waals surface area contributed by atoms with Gasteiger partial charge in [0, 0.05) is 23.7 Å². The zero-order valence-electron chi connectivity index (χ0n) is 10.4. The van der Waals surface area contributed by atoms with Gasteiger partial charge in [-0.15, -0.1) is 0 Å². The number of hydrogen-bond acceptors (Lipinski definition) is 2. The van der Waals surface area contributed by atoms with Crippen LogP contribution in [0.2, 0.25) is 0 Å². The van der Waals surface area contributed by atoms with Crippen LogP contribution in [-0.2, 0) is 0 Å². The lowest BCUT2D eigenvalue weighted by atomic mass is 10.1. The first kappa shape index (κ1) is 12.4. The quantitative estimate of drug-likeness (QED) is 0.844. The highest BCUT2D eigenvalue weighted by Crippen LogP contribution is 2.29. The van der Waals surface area contributed by atoms with E-state index in [1.54, 1.807) is 6.07 Å². The summed E-state index contributed by atoms with van der Waals surface area (Å²) in [7, 11) is 0. The minimum atomic E-state index is -0.395. The van der Waals surface area contributed by atoms with E-state index in [0.29, 0.717) is 6.04 Å². The first-order valence-corrected chi connectivity index (χ1v) is 6.30. The van der Waals surface area contributed by atoms with Crippen LogP contribution in [0.5, 0.6) is 5.75 Å². The number of rotatable bonds is 3. The Morgan fingerprint density at radius 2 is 2.18 bits per heavy atom. The molecule has 0 aliphatic heterocycles. The van der Waals surface area contributed by atoms with E-state index in [0.717, 1.165) is 11.5 Å². The van der Waals surface area contributed by atoms with Crippen molar-refractivity contribution in [3.8, 4) is 5.75 Å². The van der Waals surface area contributed by atoms with Gasteiger partial charge in [0.25, 0.3) is 0 Å². The second-order valence-electron chi connectivity index (χ2n) is 5.21. The van der Waals surface area contributed by atoms with Crippen LogP contribution in [0.4, 0.5) is 4.39 Å². The van der Waals surface area contributed by atoms with Crippen LogP contribution in [0.15, 0.2) is 18.2 Å². The highest BCUT2D eigenvalue weighted by molar-refractivity contribution is 5.34. The van der Waals surface area contributed by atoms with Crippen molar-refractivity contribution in [2.75, 3.05) is 0 Å². The standard InChI is InChI=1S/C14H20FNO/c1-9-3-5-12(7-9)16-10(2)13-6-4-11(15)8-14(13)17/h4,6,8-10,12,16-17H,3,5,7H2,1-2H3. The molecule has 1 aliphatic carbocycles. The molecular weight excluding hydrogens is 217 g/mol. The fraction of sp³-hybridized carbons (Fsp3) is 0.571. The number of aromatic hydroxyl groups is 1. The minimum Gasteiger partial charge on any atom is -0.508 e. The zero-order valence-corrected chi connectivity index (χ0v) is 10.4. The third-order valence-corrected chi connectivity index (χ3v) is 3.64. The van der Waals surface area contributed by atoms with Crippen molar-refractivity contribution >= 4 is 0 Å². The summed E-state index contributed by atoms with van der Waals surface area (Å²) in [5.41, 5.74) is 0.769. The topological polar surface area (TPSA) is 32.3 Å². The van der Waals surface area contributed by atoms with Gasteiger partial charge in [-0.2, -0.15) is 0 Å². The second kappa shape index (κ2) is 5.05. The summed E-state index contributed by atoms with van der Waals surface area (Å²) in [6.45, 7) is 4.28. The Bertz CT molecular complexity index is 394. The maximum atomic E-state index is 12.9. The maximum Gasteiger partial charge on any atom is 0.126 e. The summed E-state index contributed by atoms with van der Waals surface area (Å²) < 4.78 is 12.9. The van der Waals surface area contributed by atoms with Gasteiger partial charge in [0.15, 0.2) is 0 Å². The van der Waals surface area contributed by atoms with Crippen molar-refractivity contribution in [3.05, 3.63) is 29.6 Å². The average Bonchev–Trinajstić information content (AvgIpc) is 2.63. The molecule has 0 spiro atoms. The molecule has 1 saturated carbocycles. The van der Waals surface area contributed by atoms with Crippen LogP contribution in [0, 0.1) is 11.7 Å². The lowest BCUT2D eigenvalue weighted by molar-refractivity contribution is 0.418. The van der Waals surface area contributed by atoms with Gasteiger partial charge >= 0.3 is 0 Å². The molecule has 0 amide bonds. The van der Waals surface area contributed by atoms with Crippen molar-refractivity contribution < 1.29 is 9.50 Å². The Labute approximate surface area is 102 Å². The Morgan fingerprint density at radius 1 is 1.41 bits per heavy atom. The van der Waals surface area contributed by atoms with E-state index < -0.39 is 5.82 Å². The van der Waals surface area contributed by atoms with Crippen LogP contribution < -0.4 is 5.32 Å². The molecule has 3 atom stereocenters. The summed E-state index contributed by atoms with van der Waals surface area (Å²) in [6, 6.07) is 4.80. The number of phenols is 1. The van der Waals surface area contributed by atoms with Crippen molar-refractivity contribution in [3.63, 3.8) is 0 Å². The first-order chi connectivity index (χ1) is 8.06. The molecule has 0 heterocycles. The molecule has 1 fully saturated rings. The van der Waals surface area contributed by atoms with Crippen molar-refractivity contribution in [2.24, 2.45) is 5.92 Å². The molecule has 0 bridgehead atoms. The zero-order chi connectivity index (χ0) is 12.4. The summed E-state index contributed by atoms with van der Waals surface area (Å²) in [4.78, 5) is 0. The molecule has 3 heteroatoms. The monoisotopic (exact) mass is 237 g/mol. The van der Waals surface area contributed by atoms with E-state index in [1.165, 1.54) is 31.4 Å². The Balaban J connectivity index is 2.01. The van der Waals surface area contributed by atoms with Gasteiger partial charge in [0.1, 0.15) is 11.6 Å². The van der Waals surface area contributed by atoms with Crippen molar-refractivity contribution in [1.82, 2.24) is 5.32 Å². The number of hydrogen-bond donors (Lipinski definition) is 2. The van der Waals surface area contributed by atoms with Gasteiger partial charge in [-0.1, -0.05) is 13.0 Å². The van der Waals surface area contributed by atoms with E-state index in [-0.39, 0.29) is 11.8 Å². The van der Waals surface area contributed by atoms with Crippen LogP contribution in [-0.4, -0.2) is 11.1 Å². The summed E-state index contributed by atoms with van der Waals surface area (Å²) in [6.07, 6.45) is 3.64. The lowest BCUT2D eigenvalue weighted by Gasteiger charge is -2.20. The third-order valence-electron chi connectivity index (χ3n) is 3.64. The van der Waals surface area contributed by atoms with E-state index >= 15 is 0 Å². The third kappa shape index (κ3) is 2.97. The van der Waals surface area contributed by atoms with Crippen LogP contribution in [0.3, 0.4) is 0 Å². The molecule has 1 aromatic carbocycles. The predicted molar refractivity (Wildman–Crippen MR) is 66.4 cm³/mol. The minimum absolute atomic E-state index is 0.0380. The fourth-order valence-corrected chi connectivity index (χ4v) is 2.68. The molecule has 0 saturated heterocycles. The summed E-state index contributed by atoms with van der Waals surface area (Å²) in [5.74, 6) is 0.422. The lowest BCUT2D eigenvalue weighted by Crippen LogP contribution is -2.29. The van der Waals surface area contributed by atoms with Gasteiger partial charge in [-0.25, -0.2) is 4.39 Å². The Hall–Kier alpha value is -1.09. The molecule has 0 radical (unpaired) electrons. The highest BCUT2D eigenvalue weighted by Gasteiger charge is 2.23. The SMILES string of the molecule is CC1CCC(NC(C)c2ccc(F)cc2O)C1. The molecule has 94 valence electrons. The fourth-order valence-electron chi connectivity index (χ4n) is 2.68. The number of nitrogens with one attached hydrogen (secondary N) is 1. The molecule has 2 rings (SSSR count). The van der Waals surface area contributed by atoms with E-state index in [4.69, 9.17) is 0 Å². The predicted octanol–water partition coefficient (Wildman–Crippen LogP) is 3.37. The Morgan fingerprint density at radius 3 is 2.76 bits per heavy atom. The largest absolute Gasteiger partial charge is 0.508 e. The normalized spacial score (nSPS) is 26.1. The van der Waals surface area contributed by atoms with Gasteiger partial charge in [-0.3, -0.25) is 0 Å².